The number of benzene rings is 1. The van der Waals surface area contributed by atoms with E-state index in [1.54, 1.807) is 17.4 Å². The van der Waals surface area contributed by atoms with Gasteiger partial charge in [-0.15, -0.1) is 10.2 Å². The molecule has 0 saturated heterocycles. The molecule has 1 unspecified atom stereocenters. The van der Waals surface area contributed by atoms with Gasteiger partial charge in [0.05, 0.1) is 14.9 Å². The molecule has 1 heterocycles. The summed E-state index contributed by atoms with van der Waals surface area (Å²) in [5.74, 6) is 0. The summed E-state index contributed by atoms with van der Waals surface area (Å²) in [7, 11) is 0. The molecule has 1 aromatic carbocycles. The van der Waals surface area contributed by atoms with E-state index in [0.29, 0.717) is 10.0 Å². The molecule has 0 aliphatic rings. The molecular weight excluding hydrogens is 343 g/mol. The topological polar surface area (TPSA) is 25.8 Å². The summed E-state index contributed by atoms with van der Waals surface area (Å²) in [4.78, 5) is 0.261. The van der Waals surface area contributed by atoms with Crippen molar-refractivity contribution in [1.82, 2.24) is 10.2 Å². The van der Waals surface area contributed by atoms with Crippen LogP contribution < -0.4 is 0 Å². The molecule has 0 N–H and O–H groups in total. The van der Waals surface area contributed by atoms with Gasteiger partial charge in [-0.25, -0.2) is 0 Å². The van der Waals surface area contributed by atoms with Gasteiger partial charge in [0.25, 0.3) is 0 Å². The Labute approximate surface area is 122 Å². The van der Waals surface area contributed by atoms with Gasteiger partial charge in [-0.2, -0.15) is 0 Å². The first-order valence-corrected chi connectivity index (χ1v) is 7.53. The molecule has 1 aromatic heterocycles. The van der Waals surface area contributed by atoms with E-state index >= 15 is 0 Å². The van der Waals surface area contributed by atoms with Crippen LogP contribution >= 0.6 is 50.5 Å². The van der Waals surface area contributed by atoms with Crippen molar-refractivity contribution in [2.45, 2.75) is 18.2 Å². The Hall–Kier alpha value is -0.160. The fraction of sp³-hybridized carbons (Fsp3) is 0.273. The second kappa shape index (κ2) is 5.65. The Morgan fingerprint density at radius 2 is 2.06 bits per heavy atom. The Bertz CT molecular complexity index is 530. The lowest BCUT2D eigenvalue weighted by Gasteiger charge is -1.99. The Kier molecular flexibility index (Phi) is 4.42. The Morgan fingerprint density at radius 3 is 2.71 bits per heavy atom. The van der Waals surface area contributed by atoms with Crippen LogP contribution in [0.4, 0.5) is 0 Å². The van der Waals surface area contributed by atoms with Gasteiger partial charge >= 0.3 is 0 Å². The number of hydrogen-bond donors (Lipinski definition) is 0. The lowest BCUT2D eigenvalue weighted by atomic mass is 10.2. The maximum atomic E-state index is 5.98. The molecule has 2 aromatic rings. The van der Waals surface area contributed by atoms with E-state index in [9.17, 15) is 0 Å². The molecule has 2 nitrogen and oxygen atoms in total. The zero-order valence-electron chi connectivity index (χ0n) is 8.95. The highest BCUT2D eigenvalue weighted by molar-refractivity contribution is 9.09. The SMILES string of the molecule is CCC(Br)c1nnc(-c2ccc(Cl)c(Cl)c2)s1. The standard InChI is InChI=1S/C11H9BrCl2N2S/c1-2-7(12)11-16-15-10(17-11)6-3-4-8(13)9(14)5-6/h3-5,7H,2H2,1H3. The molecule has 0 bridgehead atoms. The number of hydrogen-bond acceptors (Lipinski definition) is 3. The molecule has 17 heavy (non-hydrogen) atoms. The fourth-order valence-electron chi connectivity index (χ4n) is 1.28. The first-order chi connectivity index (χ1) is 8.11. The van der Waals surface area contributed by atoms with E-state index in [4.69, 9.17) is 23.2 Å². The lowest BCUT2D eigenvalue weighted by molar-refractivity contribution is 0.870. The van der Waals surface area contributed by atoms with E-state index in [2.05, 4.69) is 33.1 Å². The Morgan fingerprint density at radius 1 is 1.29 bits per heavy atom. The van der Waals surface area contributed by atoms with Gasteiger partial charge in [0, 0.05) is 5.56 Å². The predicted octanol–water partition coefficient (Wildman–Crippen LogP) is 5.36. The summed E-state index contributed by atoms with van der Waals surface area (Å²) in [5, 5.41) is 11.2. The predicted molar refractivity (Wildman–Crippen MR) is 77.3 cm³/mol. The largest absolute Gasteiger partial charge is 0.147 e. The third kappa shape index (κ3) is 2.99. The summed E-state index contributed by atoms with van der Waals surface area (Å²) in [6.45, 7) is 2.10. The smallest absolute Gasteiger partial charge is 0.142 e. The quantitative estimate of drug-likeness (QED) is 0.696. The second-order valence-electron chi connectivity index (χ2n) is 3.45. The van der Waals surface area contributed by atoms with E-state index < -0.39 is 0 Å². The lowest BCUT2D eigenvalue weighted by Crippen LogP contribution is -1.84. The molecule has 0 amide bonds. The third-order valence-electron chi connectivity index (χ3n) is 2.23. The van der Waals surface area contributed by atoms with Crippen molar-refractivity contribution in [3.63, 3.8) is 0 Å². The van der Waals surface area contributed by atoms with Gasteiger partial charge in [-0.05, 0) is 18.6 Å². The molecule has 6 heteroatoms. The van der Waals surface area contributed by atoms with Gasteiger partial charge < -0.3 is 0 Å². The molecule has 90 valence electrons. The van der Waals surface area contributed by atoms with Crippen molar-refractivity contribution in [3.05, 3.63) is 33.3 Å². The molecule has 1 atom stereocenters. The highest BCUT2D eigenvalue weighted by atomic mass is 79.9. The maximum Gasteiger partial charge on any atom is 0.147 e. The van der Waals surface area contributed by atoms with Crippen LogP contribution in [0.5, 0.6) is 0 Å². The van der Waals surface area contributed by atoms with Crippen LogP contribution in [0.2, 0.25) is 10.0 Å². The maximum absolute atomic E-state index is 5.98. The minimum absolute atomic E-state index is 0.261. The molecule has 0 aliphatic heterocycles. The van der Waals surface area contributed by atoms with E-state index in [1.165, 1.54) is 0 Å². The van der Waals surface area contributed by atoms with Gasteiger partial charge in [0.1, 0.15) is 10.0 Å². The average Bonchev–Trinajstić information content (AvgIpc) is 2.81. The zero-order chi connectivity index (χ0) is 12.4. The summed E-state index contributed by atoms with van der Waals surface area (Å²) >= 11 is 17.0. The van der Waals surface area contributed by atoms with Crippen LogP contribution in [0.1, 0.15) is 23.2 Å². The third-order valence-corrected chi connectivity index (χ3v) is 5.44. The molecule has 0 spiro atoms. The minimum atomic E-state index is 0.261. The number of nitrogens with zero attached hydrogens (tertiary/aromatic N) is 2. The van der Waals surface area contributed by atoms with E-state index in [0.717, 1.165) is 22.0 Å². The molecule has 0 fully saturated rings. The molecule has 0 radical (unpaired) electrons. The minimum Gasteiger partial charge on any atom is -0.142 e. The second-order valence-corrected chi connectivity index (χ2v) is 6.38. The van der Waals surface area contributed by atoms with Crippen LogP contribution in [0, 0.1) is 0 Å². The summed E-state index contributed by atoms with van der Waals surface area (Å²) in [6.07, 6.45) is 0.982. The van der Waals surface area contributed by atoms with Crippen LogP contribution in [0.25, 0.3) is 10.6 Å². The molecular formula is C11H9BrCl2N2S. The van der Waals surface area contributed by atoms with E-state index in [-0.39, 0.29) is 4.83 Å². The molecule has 2 rings (SSSR count). The normalized spacial score (nSPS) is 12.7. The van der Waals surface area contributed by atoms with Gasteiger partial charge in [0.15, 0.2) is 0 Å². The highest BCUT2D eigenvalue weighted by Gasteiger charge is 2.13. The van der Waals surface area contributed by atoms with Gasteiger partial charge in [-0.1, -0.05) is 63.5 Å². The van der Waals surface area contributed by atoms with Crippen LogP contribution in [0.3, 0.4) is 0 Å². The Balaban J connectivity index is 2.33. The molecule has 0 saturated carbocycles. The summed E-state index contributed by atoms with van der Waals surface area (Å²) < 4.78 is 0. The highest BCUT2D eigenvalue weighted by Crippen LogP contribution is 2.34. The van der Waals surface area contributed by atoms with Crippen molar-refractivity contribution in [3.8, 4) is 10.6 Å². The van der Waals surface area contributed by atoms with Crippen LogP contribution in [0.15, 0.2) is 18.2 Å². The zero-order valence-corrected chi connectivity index (χ0v) is 12.9. The fourth-order valence-corrected chi connectivity index (χ4v) is 2.85. The van der Waals surface area contributed by atoms with Crippen molar-refractivity contribution in [2.75, 3.05) is 0 Å². The van der Waals surface area contributed by atoms with Crippen molar-refractivity contribution >= 4 is 50.5 Å². The number of rotatable bonds is 3. The molecule has 0 aliphatic carbocycles. The monoisotopic (exact) mass is 350 g/mol. The first kappa shape index (κ1) is 13.3. The van der Waals surface area contributed by atoms with Crippen LogP contribution in [-0.4, -0.2) is 10.2 Å². The van der Waals surface area contributed by atoms with Crippen molar-refractivity contribution in [1.29, 1.82) is 0 Å². The van der Waals surface area contributed by atoms with Gasteiger partial charge in [-0.3, -0.25) is 0 Å². The summed E-state index contributed by atoms with van der Waals surface area (Å²) in [5.41, 5.74) is 0.943. The van der Waals surface area contributed by atoms with Crippen molar-refractivity contribution in [2.24, 2.45) is 0 Å². The number of aromatic nitrogens is 2. The van der Waals surface area contributed by atoms with Gasteiger partial charge in [0.2, 0.25) is 0 Å². The first-order valence-electron chi connectivity index (χ1n) is 5.04. The van der Waals surface area contributed by atoms with Crippen molar-refractivity contribution < 1.29 is 0 Å². The van der Waals surface area contributed by atoms with Crippen LogP contribution in [-0.2, 0) is 0 Å². The van der Waals surface area contributed by atoms with E-state index in [1.807, 2.05) is 12.1 Å². The average molecular weight is 352 g/mol. The number of halogens is 3. The summed E-state index contributed by atoms with van der Waals surface area (Å²) in [6, 6.07) is 5.47. The number of alkyl halides is 1.